The van der Waals surface area contributed by atoms with Gasteiger partial charge in [-0.05, 0) is 42.2 Å². The van der Waals surface area contributed by atoms with E-state index in [1.165, 1.54) is 6.26 Å². The lowest BCUT2D eigenvalue weighted by molar-refractivity contribution is 0.601. The number of halogens is 1. The van der Waals surface area contributed by atoms with E-state index in [9.17, 15) is 8.42 Å². The molecular weight excluding hydrogens is 463 g/mol. The van der Waals surface area contributed by atoms with Crippen LogP contribution in [0.15, 0.2) is 52.6 Å². The minimum absolute atomic E-state index is 0. The van der Waals surface area contributed by atoms with Gasteiger partial charge in [0.25, 0.3) is 0 Å². The van der Waals surface area contributed by atoms with Crippen molar-refractivity contribution >= 4 is 39.8 Å². The smallest absolute Gasteiger partial charge is 0.191 e. The highest BCUT2D eigenvalue weighted by atomic mass is 127. The second kappa shape index (κ2) is 10.5. The predicted octanol–water partition coefficient (Wildman–Crippen LogP) is 2.32. The summed E-state index contributed by atoms with van der Waals surface area (Å²) in [6.45, 7) is 3.12. The molecule has 0 aliphatic rings. The van der Waals surface area contributed by atoms with E-state index in [-0.39, 0.29) is 24.0 Å². The van der Waals surface area contributed by atoms with Crippen molar-refractivity contribution in [1.29, 1.82) is 0 Å². The van der Waals surface area contributed by atoms with E-state index in [0.29, 0.717) is 17.4 Å². The number of sulfone groups is 1. The number of hydrogen-bond acceptors (Lipinski definition) is 4. The van der Waals surface area contributed by atoms with Crippen molar-refractivity contribution in [2.45, 2.75) is 24.8 Å². The fourth-order valence-electron chi connectivity index (χ4n) is 2.52. The second-order valence-corrected chi connectivity index (χ2v) is 7.82. The second-order valence-electron chi connectivity index (χ2n) is 5.84. The van der Waals surface area contributed by atoms with Gasteiger partial charge in [-0.3, -0.25) is 9.98 Å². The molecule has 1 heterocycles. The fraction of sp³-hybridized carbons (Fsp3) is 0.333. The highest BCUT2D eigenvalue weighted by molar-refractivity contribution is 14.0. The van der Waals surface area contributed by atoms with Crippen LogP contribution in [-0.4, -0.2) is 39.2 Å². The summed E-state index contributed by atoms with van der Waals surface area (Å²) in [6.07, 6.45) is 5.69. The number of aromatic nitrogens is 1. The van der Waals surface area contributed by atoms with Crippen LogP contribution < -0.4 is 10.6 Å². The lowest BCUT2D eigenvalue weighted by Gasteiger charge is -2.13. The van der Waals surface area contributed by atoms with E-state index < -0.39 is 9.84 Å². The molecule has 0 amide bonds. The lowest BCUT2D eigenvalue weighted by atomic mass is 10.1. The van der Waals surface area contributed by atoms with Crippen LogP contribution in [0.4, 0.5) is 0 Å². The standard InChI is InChI=1S/C18H24N4O2S.HI/c1-14-11-16(6-7-17(14)25(3,23)24)13-22-18(19-2)21-10-8-15-5-4-9-20-12-15;/h4-7,9,11-12H,8,10,13H2,1-3H3,(H2,19,21,22);1H. The molecule has 0 fully saturated rings. The number of benzene rings is 1. The molecular formula is C18H25IN4O2S. The summed E-state index contributed by atoms with van der Waals surface area (Å²) in [5.74, 6) is 0.703. The number of guanidine groups is 1. The Hall–Kier alpha value is -1.68. The predicted molar refractivity (Wildman–Crippen MR) is 116 cm³/mol. The largest absolute Gasteiger partial charge is 0.356 e. The minimum Gasteiger partial charge on any atom is -0.356 e. The third-order valence-corrected chi connectivity index (χ3v) is 5.01. The third-order valence-electron chi connectivity index (χ3n) is 3.75. The van der Waals surface area contributed by atoms with E-state index in [2.05, 4.69) is 20.6 Å². The van der Waals surface area contributed by atoms with Gasteiger partial charge in [0.05, 0.1) is 4.90 Å². The zero-order valence-corrected chi connectivity index (χ0v) is 18.3. The topological polar surface area (TPSA) is 83.4 Å². The Bertz CT molecular complexity index is 840. The SMILES string of the molecule is CN=C(NCCc1cccnc1)NCc1ccc(S(C)(=O)=O)c(C)c1.I. The van der Waals surface area contributed by atoms with Crippen LogP contribution in [0.25, 0.3) is 0 Å². The highest BCUT2D eigenvalue weighted by Gasteiger charge is 2.10. The van der Waals surface area contributed by atoms with Crippen LogP contribution in [0.3, 0.4) is 0 Å². The first kappa shape index (κ1) is 22.4. The fourth-order valence-corrected chi connectivity index (χ4v) is 3.47. The maximum atomic E-state index is 11.7. The Morgan fingerprint density at radius 3 is 2.54 bits per heavy atom. The summed E-state index contributed by atoms with van der Waals surface area (Å²) in [7, 11) is -1.47. The Kier molecular flexibility index (Phi) is 9.00. The maximum absolute atomic E-state index is 11.7. The number of rotatable bonds is 6. The number of nitrogens with zero attached hydrogens (tertiary/aromatic N) is 2. The normalized spacial score (nSPS) is 11.6. The first-order valence-electron chi connectivity index (χ1n) is 8.03. The van der Waals surface area contributed by atoms with Crippen LogP contribution in [0.2, 0.25) is 0 Å². The minimum atomic E-state index is -3.19. The molecule has 0 atom stereocenters. The summed E-state index contributed by atoms with van der Waals surface area (Å²) in [6, 6.07) is 9.31. The molecule has 0 saturated heterocycles. The van der Waals surface area contributed by atoms with E-state index in [4.69, 9.17) is 0 Å². The molecule has 142 valence electrons. The Labute approximate surface area is 172 Å². The first-order valence-corrected chi connectivity index (χ1v) is 9.92. The molecule has 2 N–H and O–H groups in total. The van der Waals surface area contributed by atoms with Gasteiger partial charge in [0.1, 0.15) is 0 Å². The number of nitrogens with one attached hydrogen (secondary N) is 2. The quantitative estimate of drug-likeness (QED) is 0.371. The van der Waals surface area contributed by atoms with Crippen molar-refractivity contribution in [3.8, 4) is 0 Å². The molecule has 1 aromatic carbocycles. The van der Waals surface area contributed by atoms with Crippen LogP contribution in [-0.2, 0) is 22.8 Å². The van der Waals surface area contributed by atoms with Gasteiger partial charge in [-0.1, -0.05) is 18.2 Å². The molecule has 1 aromatic heterocycles. The number of pyridine rings is 1. The van der Waals surface area contributed by atoms with Crippen molar-refractivity contribution in [2.24, 2.45) is 4.99 Å². The summed E-state index contributed by atoms with van der Waals surface area (Å²) in [4.78, 5) is 8.66. The zero-order valence-electron chi connectivity index (χ0n) is 15.2. The highest BCUT2D eigenvalue weighted by Crippen LogP contribution is 2.16. The Balaban J connectivity index is 0.00000338. The molecule has 26 heavy (non-hydrogen) atoms. The van der Waals surface area contributed by atoms with Crippen molar-refractivity contribution in [2.75, 3.05) is 19.8 Å². The zero-order chi connectivity index (χ0) is 18.3. The molecule has 0 spiro atoms. The molecule has 0 radical (unpaired) electrons. The average molecular weight is 488 g/mol. The van der Waals surface area contributed by atoms with E-state index in [1.54, 1.807) is 26.2 Å². The van der Waals surface area contributed by atoms with Crippen LogP contribution in [0, 0.1) is 6.92 Å². The van der Waals surface area contributed by atoms with Crippen molar-refractivity contribution in [1.82, 2.24) is 15.6 Å². The summed E-state index contributed by atoms with van der Waals surface area (Å²) >= 11 is 0. The molecule has 0 aliphatic heterocycles. The molecule has 8 heteroatoms. The van der Waals surface area contributed by atoms with Crippen molar-refractivity contribution in [3.05, 3.63) is 59.4 Å². The van der Waals surface area contributed by atoms with E-state index >= 15 is 0 Å². The van der Waals surface area contributed by atoms with Gasteiger partial charge >= 0.3 is 0 Å². The molecule has 0 saturated carbocycles. The molecule has 2 rings (SSSR count). The summed E-state index contributed by atoms with van der Waals surface area (Å²) < 4.78 is 23.3. The number of aryl methyl sites for hydroxylation is 1. The van der Waals surface area contributed by atoms with Crippen molar-refractivity contribution < 1.29 is 8.42 Å². The summed E-state index contributed by atoms with van der Waals surface area (Å²) in [5.41, 5.74) is 2.92. The van der Waals surface area contributed by atoms with Gasteiger partial charge in [-0.2, -0.15) is 0 Å². The third kappa shape index (κ3) is 6.91. The van der Waals surface area contributed by atoms with E-state index in [0.717, 1.165) is 29.7 Å². The van der Waals surface area contributed by atoms with Gasteiger partial charge in [-0.15, -0.1) is 24.0 Å². The van der Waals surface area contributed by atoms with Gasteiger partial charge in [0, 0.05) is 38.8 Å². The summed E-state index contributed by atoms with van der Waals surface area (Å²) in [5, 5.41) is 6.48. The van der Waals surface area contributed by atoms with Crippen LogP contribution in [0.1, 0.15) is 16.7 Å². The molecule has 0 aliphatic carbocycles. The molecule has 0 bridgehead atoms. The van der Waals surface area contributed by atoms with Crippen LogP contribution >= 0.6 is 24.0 Å². The molecule has 6 nitrogen and oxygen atoms in total. The first-order chi connectivity index (χ1) is 11.9. The Morgan fingerprint density at radius 2 is 1.96 bits per heavy atom. The van der Waals surface area contributed by atoms with Gasteiger partial charge in [0.2, 0.25) is 0 Å². The van der Waals surface area contributed by atoms with Gasteiger partial charge in [0.15, 0.2) is 15.8 Å². The molecule has 2 aromatic rings. The monoisotopic (exact) mass is 488 g/mol. The lowest BCUT2D eigenvalue weighted by Crippen LogP contribution is -2.37. The van der Waals surface area contributed by atoms with Gasteiger partial charge < -0.3 is 10.6 Å². The number of aliphatic imine (C=N–C) groups is 1. The maximum Gasteiger partial charge on any atom is 0.191 e. The van der Waals surface area contributed by atoms with Gasteiger partial charge in [-0.25, -0.2) is 8.42 Å². The average Bonchev–Trinajstić information content (AvgIpc) is 2.57. The van der Waals surface area contributed by atoms with E-state index in [1.807, 2.05) is 30.5 Å². The molecule has 0 unspecified atom stereocenters. The Morgan fingerprint density at radius 1 is 1.19 bits per heavy atom. The van der Waals surface area contributed by atoms with Crippen molar-refractivity contribution in [3.63, 3.8) is 0 Å². The van der Waals surface area contributed by atoms with Crippen LogP contribution in [0.5, 0.6) is 0 Å². The number of hydrogen-bond donors (Lipinski definition) is 2.